The van der Waals surface area contributed by atoms with Crippen molar-refractivity contribution < 1.29 is 9.53 Å². The number of primary amides is 1. The van der Waals surface area contributed by atoms with Gasteiger partial charge in [-0.25, -0.2) is 0 Å². The van der Waals surface area contributed by atoms with Gasteiger partial charge in [0, 0.05) is 11.1 Å². The van der Waals surface area contributed by atoms with E-state index in [1.165, 1.54) is 0 Å². The van der Waals surface area contributed by atoms with Gasteiger partial charge in [0.25, 0.3) is 0 Å². The Morgan fingerprint density at radius 1 is 1.39 bits per heavy atom. The number of nitrogens with two attached hydrogens (primary N) is 1. The molecule has 1 rings (SSSR count). The molecule has 1 aromatic carbocycles. The summed E-state index contributed by atoms with van der Waals surface area (Å²) in [6, 6.07) is 5.66. The Kier molecular flexibility index (Phi) is 5.43. The van der Waals surface area contributed by atoms with Crippen LogP contribution in [0.4, 0.5) is 0 Å². The van der Waals surface area contributed by atoms with Crippen molar-refractivity contribution in [1.29, 1.82) is 0 Å². The van der Waals surface area contributed by atoms with Crippen molar-refractivity contribution in [3.63, 3.8) is 0 Å². The Bertz CT molecular complexity index is 438. The zero-order valence-electron chi connectivity index (χ0n) is 11.2. The van der Waals surface area contributed by atoms with Crippen molar-refractivity contribution in [2.75, 3.05) is 6.61 Å². The fourth-order valence-corrected chi connectivity index (χ4v) is 1.88. The predicted octanol–water partition coefficient (Wildman–Crippen LogP) is 2.93. The highest BCUT2D eigenvalue weighted by molar-refractivity contribution is 6.18. The van der Waals surface area contributed by atoms with Gasteiger partial charge in [0.15, 0.2) is 0 Å². The van der Waals surface area contributed by atoms with E-state index in [1.807, 2.05) is 25.1 Å². The molecule has 1 amide bonds. The highest BCUT2D eigenvalue weighted by Gasteiger charge is 2.14. The van der Waals surface area contributed by atoms with E-state index in [0.29, 0.717) is 12.2 Å². The number of carbonyl (C=O) groups is 1. The number of ether oxygens (including phenoxy) is 1. The summed E-state index contributed by atoms with van der Waals surface area (Å²) >= 11 is 0. The number of unbranched alkanes of at least 4 members (excludes halogenated alkanes) is 1. The quantitative estimate of drug-likeness (QED) is 0.753. The van der Waals surface area contributed by atoms with Gasteiger partial charge in [-0.15, -0.1) is 0 Å². The molecule has 3 heteroatoms. The molecular formula is C15H21NO2. The van der Waals surface area contributed by atoms with Gasteiger partial charge >= 0.3 is 0 Å². The predicted molar refractivity (Wildman–Crippen MR) is 74.5 cm³/mol. The second kappa shape index (κ2) is 6.84. The first-order chi connectivity index (χ1) is 8.61. The van der Waals surface area contributed by atoms with Crippen LogP contribution < -0.4 is 10.5 Å². The molecule has 1 aromatic rings. The lowest BCUT2D eigenvalue weighted by Gasteiger charge is -2.15. The van der Waals surface area contributed by atoms with Crippen molar-refractivity contribution in [1.82, 2.24) is 0 Å². The average molecular weight is 247 g/mol. The van der Waals surface area contributed by atoms with Gasteiger partial charge in [-0.1, -0.05) is 32.1 Å². The molecule has 0 aliphatic carbocycles. The minimum atomic E-state index is -0.485. The van der Waals surface area contributed by atoms with Crippen molar-refractivity contribution in [3.05, 3.63) is 35.9 Å². The van der Waals surface area contributed by atoms with Crippen LogP contribution in [-0.2, 0) is 11.2 Å². The maximum atomic E-state index is 11.3. The fourth-order valence-electron chi connectivity index (χ4n) is 1.88. The number of hydrogen-bond acceptors (Lipinski definition) is 2. The molecular weight excluding hydrogens is 226 g/mol. The molecule has 0 aromatic heterocycles. The summed E-state index contributed by atoms with van der Waals surface area (Å²) in [5.41, 5.74) is 7.50. The number of hydrogen-bond donors (Lipinski definition) is 1. The van der Waals surface area contributed by atoms with Gasteiger partial charge in [0.2, 0.25) is 5.91 Å². The molecule has 0 aliphatic heterocycles. The second-order valence-corrected chi connectivity index (χ2v) is 4.16. The van der Waals surface area contributed by atoms with Crippen LogP contribution in [0.25, 0.3) is 5.57 Å². The molecule has 0 heterocycles. The van der Waals surface area contributed by atoms with Crippen LogP contribution in [-0.4, -0.2) is 12.5 Å². The molecule has 0 spiro atoms. The molecule has 3 nitrogen and oxygen atoms in total. The lowest BCUT2D eigenvalue weighted by molar-refractivity contribution is -0.112. The molecule has 0 radical (unpaired) electrons. The van der Waals surface area contributed by atoms with Gasteiger partial charge in [0.05, 0.1) is 6.61 Å². The largest absolute Gasteiger partial charge is 0.494 e. The van der Waals surface area contributed by atoms with Gasteiger partial charge < -0.3 is 10.5 Å². The van der Waals surface area contributed by atoms with E-state index in [4.69, 9.17) is 10.5 Å². The van der Waals surface area contributed by atoms with E-state index in [0.717, 1.165) is 36.1 Å². The van der Waals surface area contributed by atoms with E-state index < -0.39 is 5.91 Å². The third-order valence-electron chi connectivity index (χ3n) is 2.84. The Balaban J connectivity index is 3.18. The monoisotopic (exact) mass is 247 g/mol. The highest BCUT2D eigenvalue weighted by Crippen LogP contribution is 2.28. The van der Waals surface area contributed by atoms with E-state index in [1.54, 1.807) is 0 Å². The molecule has 0 unspecified atom stereocenters. The standard InChI is InChI=1S/C15H21NO2/c1-4-6-8-13-12(11(3)15(16)17)9-7-10-14(13)18-5-2/h7,9-10H,3-6,8H2,1-2H3,(H2,16,17). The Labute approximate surface area is 109 Å². The smallest absolute Gasteiger partial charge is 0.248 e. The summed E-state index contributed by atoms with van der Waals surface area (Å²) < 4.78 is 5.61. The zero-order chi connectivity index (χ0) is 13.5. The van der Waals surface area contributed by atoms with Gasteiger partial charge in [0.1, 0.15) is 5.75 Å². The summed E-state index contributed by atoms with van der Waals surface area (Å²) in [4.78, 5) is 11.3. The lowest BCUT2D eigenvalue weighted by atomic mass is 9.95. The van der Waals surface area contributed by atoms with Crippen LogP contribution in [0, 0.1) is 0 Å². The fraction of sp³-hybridized carbons (Fsp3) is 0.400. The molecule has 98 valence electrons. The first-order valence-electron chi connectivity index (χ1n) is 6.35. The SMILES string of the molecule is C=C(C(N)=O)c1cccc(OCC)c1CCCC. The molecule has 0 atom stereocenters. The van der Waals surface area contributed by atoms with Crippen molar-refractivity contribution in [2.24, 2.45) is 5.73 Å². The maximum Gasteiger partial charge on any atom is 0.248 e. The number of amides is 1. The van der Waals surface area contributed by atoms with Crippen LogP contribution in [0.1, 0.15) is 37.8 Å². The van der Waals surface area contributed by atoms with E-state index in [9.17, 15) is 4.79 Å². The van der Waals surface area contributed by atoms with Crippen LogP contribution in [0.3, 0.4) is 0 Å². The number of rotatable bonds is 7. The molecule has 2 N–H and O–H groups in total. The third kappa shape index (κ3) is 3.36. The van der Waals surface area contributed by atoms with Crippen molar-refractivity contribution in [3.8, 4) is 5.75 Å². The van der Waals surface area contributed by atoms with Crippen LogP contribution in [0.5, 0.6) is 5.75 Å². The van der Waals surface area contributed by atoms with Crippen LogP contribution in [0.2, 0.25) is 0 Å². The Morgan fingerprint density at radius 3 is 2.67 bits per heavy atom. The van der Waals surface area contributed by atoms with Gasteiger partial charge in [-0.3, -0.25) is 4.79 Å². The molecule has 18 heavy (non-hydrogen) atoms. The first-order valence-corrected chi connectivity index (χ1v) is 6.35. The lowest BCUT2D eigenvalue weighted by Crippen LogP contribution is -2.13. The Hall–Kier alpha value is -1.77. The topological polar surface area (TPSA) is 52.3 Å². The molecule has 0 fully saturated rings. The van der Waals surface area contributed by atoms with Crippen molar-refractivity contribution in [2.45, 2.75) is 33.1 Å². The summed E-state index contributed by atoms with van der Waals surface area (Å²) in [7, 11) is 0. The second-order valence-electron chi connectivity index (χ2n) is 4.16. The van der Waals surface area contributed by atoms with Gasteiger partial charge in [-0.05, 0) is 31.4 Å². The molecule has 0 aliphatic rings. The minimum Gasteiger partial charge on any atom is -0.494 e. The van der Waals surface area contributed by atoms with E-state index in [-0.39, 0.29) is 0 Å². The summed E-state index contributed by atoms with van der Waals surface area (Å²) in [6.07, 6.45) is 3.00. The van der Waals surface area contributed by atoms with Crippen LogP contribution in [0.15, 0.2) is 24.8 Å². The van der Waals surface area contributed by atoms with Gasteiger partial charge in [-0.2, -0.15) is 0 Å². The first kappa shape index (κ1) is 14.3. The van der Waals surface area contributed by atoms with E-state index >= 15 is 0 Å². The average Bonchev–Trinajstić information content (AvgIpc) is 2.36. The maximum absolute atomic E-state index is 11.3. The molecule has 0 saturated carbocycles. The molecule has 0 saturated heterocycles. The molecule has 0 bridgehead atoms. The Morgan fingerprint density at radius 2 is 2.11 bits per heavy atom. The number of carbonyl (C=O) groups excluding carboxylic acids is 1. The van der Waals surface area contributed by atoms with Crippen LogP contribution >= 0.6 is 0 Å². The summed E-state index contributed by atoms with van der Waals surface area (Å²) in [5, 5.41) is 0. The zero-order valence-corrected chi connectivity index (χ0v) is 11.2. The van der Waals surface area contributed by atoms with E-state index in [2.05, 4.69) is 13.5 Å². The summed E-state index contributed by atoms with van der Waals surface area (Å²) in [5.74, 6) is 0.340. The third-order valence-corrected chi connectivity index (χ3v) is 2.84. The highest BCUT2D eigenvalue weighted by atomic mass is 16.5. The summed E-state index contributed by atoms with van der Waals surface area (Å²) in [6.45, 7) is 8.44. The number of benzene rings is 1. The minimum absolute atomic E-state index is 0.350. The van der Waals surface area contributed by atoms with Crippen molar-refractivity contribution >= 4 is 11.5 Å². The normalized spacial score (nSPS) is 10.1.